The standard InChI is InChI=1S/C16H21N3O2/c1-19(2)6-5-12-9-17-15-4-3-11(8-14(12)15)7-13-10-21-16(20)18-13/h3-4,8-9,13,17H,5-7,10H2,1-2H3,(H,18,20)/t13-/m0/s1/i1D3,2D3,3D,4D,6D2,8D,10D2,13D. The molecule has 1 amide bonds. The number of ether oxygens (including phenoxy) is 1. The van der Waals surface area contributed by atoms with Crippen LogP contribution in [-0.4, -0.2) is 49.0 Å². The first-order valence-electron chi connectivity index (χ1n) is 13.0. The molecule has 0 saturated carbocycles. The maximum Gasteiger partial charge on any atom is 0.407 e. The highest BCUT2D eigenvalue weighted by Gasteiger charge is 2.22. The molecule has 2 N–H and O–H groups in total. The molecule has 1 aromatic carbocycles. The van der Waals surface area contributed by atoms with E-state index in [9.17, 15) is 4.79 Å². The van der Waals surface area contributed by atoms with Crippen molar-refractivity contribution in [2.24, 2.45) is 0 Å². The van der Waals surface area contributed by atoms with Crippen LogP contribution in [0, 0.1) is 0 Å². The number of fused-ring (bicyclic) bond motifs is 1. The van der Waals surface area contributed by atoms with Crippen LogP contribution in [0.2, 0.25) is 0 Å². The Morgan fingerprint density at radius 1 is 1.67 bits per heavy atom. The molecule has 0 unspecified atom stereocenters. The van der Waals surface area contributed by atoms with Crippen molar-refractivity contribution in [3.63, 3.8) is 0 Å². The van der Waals surface area contributed by atoms with Gasteiger partial charge in [0.2, 0.25) is 0 Å². The van der Waals surface area contributed by atoms with Crippen molar-refractivity contribution in [1.29, 1.82) is 0 Å². The van der Waals surface area contributed by atoms with Gasteiger partial charge in [0, 0.05) is 34.6 Å². The number of aromatic amines is 1. The van der Waals surface area contributed by atoms with E-state index in [1.165, 1.54) is 0 Å². The van der Waals surface area contributed by atoms with E-state index < -0.39 is 70.1 Å². The SMILES string of the molecule is [2H]c1c(C[C@]2([2H])NC(=O)OC2([2H])[2H])c([2H])c2c(CC([2H])([2H])N(C([2H])([2H])[2H])C([2H])([2H])[2H])c[nH]c2c1[2H]. The number of hydrogen-bond acceptors (Lipinski definition) is 3. The number of carbonyl (C=O) groups excluding carboxylic acids is 1. The van der Waals surface area contributed by atoms with Crippen LogP contribution >= 0.6 is 0 Å². The molecule has 2 aromatic rings. The van der Waals surface area contributed by atoms with Crippen molar-refractivity contribution in [3.8, 4) is 0 Å². The first kappa shape index (κ1) is 5.02. The Bertz CT molecular complexity index is 1160. The van der Waals surface area contributed by atoms with Crippen LogP contribution in [0.15, 0.2) is 24.3 Å². The summed E-state index contributed by atoms with van der Waals surface area (Å²) in [6, 6.07) is -3.96. The molecule has 1 aliphatic heterocycles. The van der Waals surface area contributed by atoms with Gasteiger partial charge < -0.3 is 19.9 Å². The average molecular weight is 301 g/mol. The lowest BCUT2D eigenvalue weighted by Gasteiger charge is -2.09. The molecule has 1 aliphatic rings. The van der Waals surface area contributed by atoms with Gasteiger partial charge in [-0.2, -0.15) is 0 Å². The molecular weight excluding hydrogens is 266 g/mol. The zero-order chi connectivity index (χ0) is 26.9. The maximum absolute atomic E-state index is 11.5. The highest BCUT2D eigenvalue weighted by Crippen LogP contribution is 2.21. The van der Waals surface area contributed by atoms with Gasteiger partial charge in [0.05, 0.1) is 14.2 Å². The molecule has 112 valence electrons. The number of cyclic esters (lactones) is 1. The minimum absolute atomic E-state index is 0.0722. The van der Waals surface area contributed by atoms with Crippen molar-refractivity contribution in [2.75, 3.05) is 27.0 Å². The molecule has 21 heavy (non-hydrogen) atoms. The highest BCUT2D eigenvalue weighted by atomic mass is 16.6. The van der Waals surface area contributed by atoms with E-state index in [1.54, 1.807) is 0 Å². The quantitative estimate of drug-likeness (QED) is 0.887. The third-order valence-corrected chi connectivity index (χ3v) is 2.88. The highest BCUT2D eigenvalue weighted by molar-refractivity contribution is 5.84. The Balaban J connectivity index is 2.14. The fraction of sp³-hybridized carbons (Fsp3) is 0.438. The van der Waals surface area contributed by atoms with Gasteiger partial charge in [0.25, 0.3) is 0 Å². The fourth-order valence-corrected chi connectivity index (χ4v) is 1.96. The van der Waals surface area contributed by atoms with E-state index in [1.807, 2.05) is 5.32 Å². The molecule has 0 bridgehead atoms. The maximum atomic E-state index is 11.5. The van der Waals surface area contributed by atoms with Crippen molar-refractivity contribution in [1.82, 2.24) is 15.2 Å². The summed E-state index contributed by atoms with van der Waals surface area (Å²) in [4.78, 5) is 13.9. The molecule has 0 radical (unpaired) electrons. The minimum Gasteiger partial charge on any atom is -0.447 e. The van der Waals surface area contributed by atoms with Crippen LogP contribution in [0.3, 0.4) is 0 Å². The van der Waals surface area contributed by atoms with Gasteiger partial charge in [-0.3, -0.25) is 0 Å². The lowest BCUT2D eigenvalue weighted by atomic mass is 10.0. The monoisotopic (exact) mass is 301 g/mol. The summed E-state index contributed by atoms with van der Waals surface area (Å²) in [5, 5.41) is 1.86. The van der Waals surface area contributed by atoms with Crippen LogP contribution in [-0.2, 0) is 17.6 Å². The normalized spacial score (nSPS) is 35.8. The first-order chi connectivity index (χ1) is 15.6. The summed E-state index contributed by atoms with van der Waals surface area (Å²) in [6.07, 6.45) is -1.65. The number of benzene rings is 1. The van der Waals surface area contributed by atoms with Gasteiger partial charge in [0.1, 0.15) is 6.56 Å². The molecule has 5 heteroatoms. The number of hydrogen-bond donors (Lipinski definition) is 2. The van der Waals surface area contributed by atoms with E-state index in [0.717, 1.165) is 6.20 Å². The number of carbonyl (C=O) groups is 1. The number of likely N-dealkylation sites (N-methyl/N-ethyl adjacent to an activating group) is 1. The Kier molecular flexibility index (Phi) is 1.38. The third kappa shape index (κ3) is 3.19. The predicted octanol–water partition coefficient (Wildman–Crippen LogP) is 1.92. The summed E-state index contributed by atoms with van der Waals surface area (Å²) in [5.74, 6) is 0. The Morgan fingerprint density at radius 3 is 3.33 bits per heavy atom. The number of aryl methyl sites for hydroxylation is 1. The van der Waals surface area contributed by atoms with E-state index in [0.29, 0.717) is 0 Å². The predicted molar refractivity (Wildman–Crippen MR) is 82.5 cm³/mol. The van der Waals surface area contributed by atoms with Gasteiger partial charge in [-0.1, -0.05) is 6.04 Å². The first-order valence-corrected chi connectivity index (χ1v) is 6.02. The van der Waals surface area contributed by atoms with E-state index in [4.69, 9.17) is 19.2 Å². The molecule has 1 fully saturated rings. The number of H-pyrrole nitrogens is 1. The van der Waals surface area contributed by atoms with Crippen molar-refractivity contribution >= 4 is 17.0 Å². The molecule has 3 rings (SSSR count). The van der Waals surface area contributed by atoms with Gasteiger partial charge in [0.15, 0.2) is 0 Å². The smallest absolute Gasteiger partial charge is 0.407 e. The lowest BCUT2D eigenvalue weighted by Crippen LogP contribution is -2.28. The number of amides is 1. The summed E-state index contributed by atoms with van der Waals surface area (Å²) in [6.45, 7) is -12.5. The van der Waals surface area contributed by atoms with E-state index in [-0.39, 0.29) is 26.9 Å². The zero-order valence-corrected chi connectivity index (χ0v) is 10.8. The van der Waals surface area contributed by atoms with Crippen molar-refractivity contribution < 1.29 is 28.7 Å². The molecule has 1 saturated heterocycles. The van der Waals surface area contributed by atoms with Crippen LogP contribution in [0.5, 0.6) is 0 Å². The molecule has 0 aliphatic carbocycles. The number of nitrogens with zero attached hydrogens (tertiary/aromatic N) is 1. The molecule has 2 heterocycles. The topological polar surface area (TPSA) is 57.4 Å². The second kappa shape index (κ2) is 5.77. The van der Waals surface area contributed by atoms with E-state index in [2.05, 4.69) is 9.72 Å². The largest absolute Gasteiger partial charge is 0.447 e. The summed E-state index contributed by atoms with van der Waals surface area (Å²) < 4.78 is 115. The van der Waals surface area contributed by atoms with Gasteiger partial charge in [-0.05, 0) is 50.0 Å². The molecule has 1 atom stereocenters. The number of aromatic nitrogens is 1. The summed E-state index contributed by atoms with van der Waals surface area (Å²) in [7, 11) is 0. The third-order valence-electron chi connectivity index (χ3n) is 2.88. The minimum atomic E-state index is -3.34. The van der Waals surface area contributed by atoms with Crippen LogP contribution in [0.1, 0.15) is 30.3 Å². The molecule has 0 spiro atoms. The Labute approximate surface area is 143 Å². The zero-order valence-electron chi connectivity index (χ0n) is 24.8. The van der Waals surface area contributed by atoms with Crippen LogP contribution < -0.4 is 5.32 Å². The number of nitrogens with one attached hydrogen (secondary N) is 2. The summed E-state index contributed by atoms with van der Waals surface area (Å²) in [5.41, 5.74) is -0.480. The van der Waals surface area contributed by atoms with Gasteiger partial charge in [-0.25, -0.2) is 4.79 Å². The summed E-state index contributed by atoms with van der Waals surface area (Å²) >= 11 is 0. The Hall–Kier alpha value is -2.01. The number of alkyl carbamates (subject to hydrolysis) is 1. The average Bonchev–Trinajstić information content (AvgIpc) is 3.11. The molecular formula is C16H21N3O2. The van der Waals surface area contributed by atoms with Crippen molar-refractivity contribution in [2.45, 2.75) is 18.9 Å². The molecule has 5 nitrogen and oxygen atoms in total. The fourth-order valence-electron chi connectivity index (χ4n) is 1.96. The van der Waals surface area contributed by atoms with Gasteiger partial charge >= 0.3 is 6.09 Å². The Morgan fingerprint density at radius 2 is 2.57 bits per heavy atom. The number of rotatable bonds is 5. The molecule has 1 aromatic heterocycles. The van der Waals surface area contributed by atoms with Crippen molar-refractivity contribution in [3.05, 3.63) is 35.5 Å². The second-order valence-electron chi connectivity index (χ2n) is 4.36. The van der Waals surface area contributed by atoms with E-state index >= 15 is 0 Å². The second-order valence-corrected chi connectivity index (χ2v) is 4.36. The van der Waals surface area contributed by atoms with Crippen LogP contribution in [0.25, 0.3) is 10.9 Å². The van der Waals surface area contributed by atoms with Crippen LogP contribution in [0.4, 0.5) is 4.79 Å². The van der Waals surface area contributed by atoms with Gasteiger partial charge in [-0.15, -0.1) is 0 Å². The lowest BCUT2D eigenvalue weighted by molar-refractivity contribution is 0.177.